The molecule has 1 amide bonds. The Morgan fingerprint density at radius 3 is 2.52 bits per heavy atom. The van der Waals surface area contributed by atoms with Crippen LogP contribution in [-0.2, 0) is 0 Å². The van der Waals surface area contributed by atoms with E-state index in [9.17, 15) is 9.18 Å². The first-order valence-electron chi connectivity index (χ1n) is 8.56. The maximum absolute atomic E-state index is 13.9. The van der Waals surface area contributed by atoms with Crippen LogP contribution < -0.4 is 5.32 Å². The van der Waals surface area contributed by atoms with Crippen molar-refractivity contribution < 1.29 is 9.18 Å². The fraction of sp³-hybridized carbons (Fsp3) is 0. The Labute approximate surface area is 179 Å². The van der Waals surface area contributed by atoms with E-state index in [1.165, 1.54) is 12.1 Å². The standard InChI is InChI=1S/C21H13BrClFN4O/c22-14-8-10-16(11-9-14)28-20(13-4-3-5-15(23)12-13)26-19(27-28)21(29)25-18-7-2-1-6-17(18)24/h1-12H,(H,25,29). The molecule has 1 heterocycles. The van der Waals surface area contributed by atoms with E-state index in [4.69, 9.17) is 11.6 Å². The molecule has 0 aliphatic heterocycles. The number of anilines is 1. The second-order valence-corrected chi connectivity index (χ2v) is 7.44. The van der Waals surface area contributed by atoms with Crippen molar-refractivity contribution in [1.29, 1.82) is 0 Å². The number of nitrogens with zero attached hydrogens (tertiary/aromatic N) is 3. The average Bonchev–Trinajstić information content (AvgIpc) is 3.16. The summed E-state index contributed by atoms with van der Waals surface area (Å²) in [4.78, 5) is 17.1. The molecule has 4 rings (SSSR count). The molecule has 0 atom stereocenters. The average molecular weight is 472 g/mol. The molecule has 0 fully saturated rings. The molecular weight excluding hydrogens is 459 g/mol. The Morgan fingerprint density at radius 1 is 1.03 bits per heavy atom. The number of halogens is 3. The van der Waals surface area contributed by atoms with Crippen LogP contribution in [0.2, 0.25) is 5.02 Å². The summed E-state index contributed by atoms with van der Waals surface area (Å²) >= 11 is 9.52. The summed E-state index contributed by atoms with van der Waals surface area (Å²) in [5.74, 6) is -0.808. The minimum Gasteiger partial charge on any atom is -0.317 e. The van der Waals surface area contributed by atoms with Crippen LogP contribution in [0.3, 0.4) is 0 Å². The Bertz CT molecular complexity index is 1190. The van der Waals surface area contributed by atoms with Crippen LogP contribution in [0, 0.1) is 5.82 Å². The van der Waals surface area contributed by atoms with E-state index < -0.39 is 11.7 Å². The Balaban J connectivity index is 1.78. The van der Waals surface area contributed by atoms with Crippen LogP contribution in [-0.4, -0.2) is 20.7 Å². The van der Waals surface area contributed by atoms with E-state index in [-0.39, 0.29) is 11.5 Å². The largest absolute Gasteiger partial charge is 0.317 e. The van der Waals surface area contributed by atoms with Crippen LogP contribution in [0.15, 0.2) is 77.3 Å². The van der Waals surface area contributed by atoms with Gasteiger partial charge in [0.05, 0.1) is 11.4 Å². The lowest BCUT2D eigenvalue weighted by atomic mass is 10.2. The predicted octanol–water partition coefficient (Wildman–Crippen LogP) is 5.74. The van der Waals surface area contributed by atoms with Crippen molar-refractivity contribution in [3.8, 4) is 17.1 Å². The second kappa shape index (κ2) is 8.14. The van der Waals surface area contributed by atoms with Gasteiger partial charge in [-0.25, -0.2) is 14.1 Å². The van der Waals surface area contributed by atoms with Crippen molar-refractivity contribution in [3.05, 3.63) is 93.9 Å². The molecule has 0 radical (unpaired) electrons. The molecule has 29 heavy (non-hydrogen) atoms. The van der Waals surface area contributed by atoms with Crippen molar-refractivity contribution in [1.82, 2.24) is 14.8 Å². The van der Waals surface area contributed by atoms with Crippen molar-refractivity contribution in [2.24, 2.45) is 0 Å². The van der Waals surface area contributed by atoms with Gasteiger partial charge in [0.2, 0.25) is 5.82 Å². The molecule has 0 bridgehead atoms. The first kappa shape index (κ1) is 19.3. The molecule has 0 unspecified atom stereocenters. The highest BCUT2D eigenvalue weighted by atomic mass is 79.9. The first-order chi connectivity index (χ1) is 14.0. The van der Waals surface area contributed by atoms with Crippen molar-refractivity contribution in [2.75, 3.05) is 5.32 Å². The monoisotopic (exact) mass is 470 g/mol. The van der Waals surface area contributed by atoms with Gasteiger partial charge in [0, 0.05) is 15.1 Å². The van der Waals surface area contributed by atoms with Crippen molar-refractivity contribution in [2.45, 2.75) is 0 Å². The number of rotatable bonds is 4. The third-order valence-corrected chi connectivity index (χ3v) is 4.85. The zero-order valence-electron chi connectivity index (χ0n) is 14.8. The third kappa shape index (κ3) is 4.21. The molecule has 0 saturated carbocycles. The quantitative estimate of drug-likeness (QED) is 0.413. The van der Waals surface area contributed by atoms with Gasteiger partial charge in [0.25, 0.3) is 5.91 Å². The van der Waals surface area contributed by atoms with E-state index >= 15 is 0 Å². The molecule has 0 saturated heterocycles. The minimum atomic E-state index is -0.616. The van der Waals surface area contributed by atoms with Crippen LogP contribution in [0.5, 0.6) is 0 Å². The lowest BCUT2D eigenvalue weighted by Crippen LogP contribution is -2.15. The summed E-state index contributed by atoms with van der Waals surface area (Å²) in [5, 5.41) is 7.39. The van der Waals surface area contributed by atoms with E-state index in [0.717, 1.165) is 4.47 Å². The number of aromatic nitrogens is 3. The molecule has 0 aliphatic rings. The predicted molar refractivity (Wildman–Crippen MR) is 114 cm³/mol. The molecule has 4 aromatic rings. The first-order valence-corrected chi connectivity index (χ1v) is 9.73. The summed E-state index contributed by atoms with van der Waals surface area (Å²) in [6.07, 6.45) is 0. The van der Waals surface area contributed by atoms with Gasteiger partial charge in [0.15, 0.2) is 5.82 Å². The number of hydrogen-bond donors (Lipinski definition) is 1. The van der Waals surface area contributed by atoms with Crippen LogP contribution in [0.25, 0.3) is 17.1 Å². The zero-order valence-corrected chi connectivity index (χ0v) is 17.2. The van der Waals surface area contributed by atoms with Crippen LogP contribution in [0.4, 0.5) is 10.1 Å². The van der Waals surface area contributed by atoms with E-state index in [0.29, 0.717) is 22.1 Å². The SMILES string of the molecule is O=C(Nc1ccccc1F)c1nc(-c2cccc(Cl)c2)n(-c2ccc(Br)cc2)n1. The number of hydrogen-bond acceptors (Lipinski definition) is 3. The van der Waals surface area contributed by atoms with E-state index in [2.05, 4.69) is 31.3 Å². The van der Waals surface area contributed by atoms with E-state index in [1.807, 2.05) is 30.3 Å². The van der Waals surface area contributed by atoms with Gasteiger partial charge in [-0.05, 0) is 48.5 Å². The molecule has 144 valence electrons. The van der Waals surface area contributed by atoms with Gasteiger partial charge in [-0.15, -0.1) is 5.10 Å². The minimum absolute atomic E-state index is 0.0572. The van der Waals surface area contributed by atoms with Gasteiger partial charge in [0.1, 0.15) is 5.82 Å². The summed E-state index contributed by atoms with van der Waals surface area (Å²) < 4.78 is 16.3. The zero-order chi connectivity index (χ0) is 20.4. The molecule has 5 nitrogen and oxygen atoms in total. The molecule has 1 aromatic heterocycles. The summed E-state index contributed by atoms with van der Waals surface area (Å²) in [6, 6.07) is 20.4. The highest BCUT2D eigenvalue weighted by molar-refractivity contribution is 9.10. The fourth-order valence-corrected chi connectivity index (χ4v) is 3.18. The van der Waals surface area contributed by atoms with E-state index in [1.54, 1.807) is 35.0 Å². The number of carbonyl (C=O) groups is 1. The molecule has 3 aromatic carbocycles. The molecule has 0 aliphatic carbocycles. The highest BCUT2D eigenvalue weighted by Gasteiger charge is 2.20. The second-order valence-electron chi connectivity index (χ2n) is 6.09. The number of carbonyl (C=O) groups excluding carboxylic acids is 1. The smallest absolute Gasteiger partial charge is 0.295 e. The summed E-state index contributed by atoms with van der Waals surface area (Å²) in [5.41, 5.74) is 1.46. The molecular formula is C21H13BrClFN4O. The van der Waals surface area contributed by atoms with Gasteiger partial charge >= 0.3 is 0 Å². The Morgan fingerprint density at radius 2 is 1.79 bits per heavy atom. The summed E-state index contributed by atoms with van der Waals surface area (Å²) in [7, 11) is 0. The third-order valence-electron chi connectivity index (χ3n) is 4.09. The van der Waals surface area contributed by atoms with Gasteiger partial charge in [-0.3, -0.25) is 4.79 Å². The maximum Gasteiger partial charge on any atom is 0.295 e. The van der Waals surface area contributed by atoms with Crippen LogP contribution >= 0.6 is 27.5 Å². The number of para-hydroxylation sites is 1. The summed E-state index contributed by atoms with van der Waals surface area (Å²) in [6.45, 7) is 0. The van der Waals surface area contributed by atoms with Crippen molar-refractivity contribution >= 4 is 39.1 Å². The lowest BCUT2D eigenvalue weighted by molar-refractivity contribution is 0.101. The fourth-order valence-electron chi connectivity index (χ4n) is 2.73. The maximum atomic E-state index is 13.9. The normalized spacial score (nSPS) is 10.7. The number of amides is 1. The molecule has 8 heteroatoms. The Hall–Kier alpha value is -3.03. The lowest BCUT2D eigenvalue weighted by Gasteiger charge is -2.06. The Kier molecular flexibility index (Phi) is 5.42. The van der Waals surface area contributed by atoms with Crippen molar-refractivity contribution in [3.63, 3.8) is 0 Å². The topological polar surface area (TPSA) is 59.8 Å². The van der Waals surface area contributed by atoms with Gasteiger partial charge in [-0.1, -0.05) is 51.8 Å². The highest BCUT2D eigenvalue weighted by Crippen LogP contribution is 2.25. The van der Waals surface area contributed by atoms with Crippen LogP contribution in [0.1, 0.15) is 10.6 Å². The van der Waals surface area contributed by atoms with Gasteiger partial charge < -0.3 is 5.32 Å². The molecule has 0 spiro atoms. The van der Waals surface area contributed by atoms with Gasteiger partial charge in [-0.2, -0.15) is 0 Å². The number of nitrogens with one attached hydrogen (secondary N) is 1. The molecule has 1 N–H and O–H groups in total. The number of benzene rings is 3.